The zero-order valence-corrected chi connectivity index (χ0v) is 22.6. The molecule has 4 rings (SSSR count). The largest absolute Gasteiger partial charge is 0.497 e. The SMILES string of the molecule is COc1ccc(C2C(C(=O)OC(C)C)=C(C)N=c3s/c(=C/c4ccc(C(C)(C)C)cc4)c(=O)n32)cc1. The van der Waals surface area contributed by atoms with Gasteiger partial charge in [-0.05, 0) is 61.1 Å². The van der Waals surface area contributed by atoms with E-state index in [2.05, 4.69) is 37.9 Å². The van der Waals surface area contributed by atoms with Crippen LogP contribution in [0.2, 0.25) is 0 Å². The molecule has 1 aliphatic rings. The molecule has 36 heavy (non-hydrogen) atoms. The van der Waals surface area contributed by atoms with Crippen molar-refractivity contribution in [1.29, 1.82) is 0 Å². The van der Waals surface area contributed by atoms with Gasteiger partial charge in [-0.2, -0.15) is 0 Å². The molecule has 7 heteroatoms. The van der Waals surface area contributed by atoms with E-state index in [4.69, 9.17) is 9.47 Å². The Bertz CT molecular complexity index is 1490. The van der Waals surface area contributed by atoms with Gasteiger partial charge in [0.05, 0.1) is 35.1 Å². The van der Waals surface area contributed by atoms with Gasteiger partial charge in [0.15, 0.2) is 4.80 Å². The normalized spacial score (nSPS) is 16.1. The van der Waals surface area contributed by atoms with Crippen LogP contribution in [0.15, 0.2) is 69.6 Å². The maximum atomic E-state index is 13.7. The van der Waals surface area contributed by atoms with E-state index in [0.717, 1.165) is 11.1 Å². The minimum atomic E-state index is -0.649. The molecule has 6 nitrogen and oxygen atoms in total. The van der Waals surface area contributed by atoms with Crippen LogP contribution in [0.1, 0.15) is 64.3 Å². The summed E-state index contributed by atoms with van der Waals surface area (Å²) in [6, 6.07) is 15.0. The van der Waals surface area contributed by atoms with Crippen LogP contribution in [-0.4, -0.2) is 23.8 Å². The summed E-state index contributed by atoms with van der Waals surface area (Å²) >= 11 is 1.32. The Labute approximate surface area is 215 Å². The standard InChI is InChI=1S/C29H32N2O4S/c1-17(2)35-27(33)24-18(3)30-28-31(25(24)20-10-14-22(34-7)15-11-20)26(32)23(36-28)16-19-8-12-21(13-9-19)29(4,5)6/h8-17,25H,1-7H3/b23-16+. The molecule has 2 aromatic carbocycles. The average Bonchev–Trinajstić information content (AvgIpc) is 3.12. The van der Waals surface area contributed by atoms with Crippen LogP contribution in [0.4, 0.5) is 0 Å². The van der Waals surface area contributed by atoms with Crippen molar-refractivity contribution in [3.8, 4) is 5.75 Å². The molecule has 0 spiro atoms. The van der Waals surface area contributed by atoms with Crippen LogP contribution in [0, 0.1) is 0 Å². The molecule has 1 atom stereocenters. The van der Waals surface area contributed by atoms with Gasteiger partial charge in [-0.3, -0.25) is 9.36 Å². The van der Waals surface area contributed by atoms with Gasteiger partial charge in [-0.15, -0.1) is 0 Å². The number of carbonyl (C=O) groups excluding carboxylic acids is 1. The van der Waals surface area contributed by atoms with Crippen LogP contribution in [0.25, 0.3) is 6.08 Å². The molecule has 1 aliphatic heterocycles. The van der Waals surface area contributed by atoms with E-state index in [1.807, 2.05) is 42.5 Å². The van der Waals surface area contributed by atoms with Gasteiger partial charge in [0.1, 0.15) is 5.75 Å². The van der Waals surface area contributed by atoms with Crippen molar-refractivity contribution < 1.29 is 14.3 Å². The predicted molar refractivity (Wildman–Crippen MR) is 143 cm³/mol. The van der Waals surface area contributed by atoms with E-state index < -0.39 is 12.0 Å². The lowest BCUT2D eigenvalue weighted by atomic mass is 9.87. The molecule has 0 amide bonds. The van der Waals surface area contributed by atoms with E-state index in [1.54, 1.807) is 32.4 Å². The fraction of sp³-hybridized carbons (Fsp3) is 0.345. The van der Waals surface area contributed by atoms with E-state index in [9.17, 15) is 9.59 Å². The Balaban J connectivity index is 1.88. The lowest BCUT2D eigenvalue weighted by molar-refractivity contribution is -0.143. The molecule has 0 bridgehead atoms. The average molecular weight is 505 g/mol. The Morgan fingerprint density at radius 1 is 1.08 bits per heavy atom. The molecule has 0 saturated carbocycles. The van der Waals surface area contributed by atoms with Gasteiger partial charge < -0.3 is 9.47 Å². The van der Waals surface area contributed by atoms with Crippen molar-refractivity contribution in [2.75, 3.05) is 7.11 Å². The highest BCUT2D eigenvalue weighted by Gasteiger charge is 2.33. The maximum absolute atomic E-state index is 13.7. The minimum Gasteiger partial charge on any atom is -0.497 e. The molecule has 3 aromatic rings. The van der Waals surface area contributed by atoms with Crippen molar-refractivity contribution in [2.45, 2.75) is 59.1 Å². The number of esters is 1. The second kappa shape index (κ2) is 9.90. The van der Waals surface area contributed by atoms with Crippen molar-refractivity contribution >= 4 is 23.4 Å². The molecule has 0 aliphatic carbocycles. The number of aromatic nitrogens is 1. The van der Waals surface area contributed by atoms with Crippen molar-refractivity contribution in [3.63, 3.8) is 0 Å². The molecular formula is C29H32N2O4S. The number of ether oxygens (including phenoxy) is 2. The van der Waals surface area contributed by atoms with E-state index in [1.165, 1.54) is 16.9 Å². The fourth-order valence-corrected chi connectivity index (χ4v) is 5.24. The third kappa shape index (κ3) is 5.07. The van der Waals surface area contributed by atoms with Gasteiger partial charge in [-0.25, -0.2) is 9.79 Å². The first-order valence-electron chi connectivity index (χ1n) is 12.0. The van der Waals surface area contributed by atoms with Crippen LogP contribution in [0.3, 0.4) is 0 Å². The van der Waals surface area contributed by atoms with Gasteiger partial charge in [-0.1, -0.05) is 68.5 Å². The third-order valence-corrected chi connectivity index (χ3v) is 7.07. The van der Waals surface area contributed by atoms with Crippen LogP contribution < -0.4 is 19.6 Å². The van der Waals surface area contributed by atoms with E-state index >= 15 is 0 Å². The number of carbonyl (C=O) groups is 1. The maximum Gasteiger partial charge on any atom is 0.338 e. The highest BCUT2D eigenvalue weighted by atomic mass is 32.1. The second-order valence-corrected chi connectivity index (χ2v) is 11.2. The summed E-state index contributed by atoms with van der Waals surface area (Å²) in [7, 11) is 1.60. The number of hydrogen-bond donors (Lipinski definition) is 0. The molecule has 188 valence electrons. The van der Waals surface area contributed by atoms with Gasteiger partial charge in [0.25, 0.3) is 5.56 Å². The third-order valence-electron chi connectivity index (χ3n) is 6.09. The Hall–Kier alpha value is -3.45. The van der Waals surface area contributed by atoms with Crippen LogP contribution >= 0.6 is 11.3 Å². The van der Waals surface area contributed by atoms with Crippen molar-refractivity contribution in [1.82, 2.24) is 4.57 Å². The van der Waals surface area contributed by atoms with Crippen molar-refractivity contribution in [3.05, 3.63) is 96.2 Å². The van der Waals surface area contributed by atoms with E-state index in [0.29, 0.717) is 26.4 Å². The summed E-state index contributed by atoms with van der Waals surface area (Å²) in [4.78, 5) is 32.1. The number of fused-ring (bicyclic) bond motifs is 1. The fourth-order valence-electron chi connectivity index (χ4n) is 4.19. The zero-order chi connectivity index (χ0) is 26.2. The summed E-state index contributed by atoms with van der Waals surface area (Å²) in [5.74, 6) is 0.219. The zero-order valence-electron chi connectivity index (χ0n) is 21.8. The van der Waals surface area contributed by atoms with Crippen LogP contribution in [0.5, 0.6) is 5.75 Å². The highest BCUT2D eigenvalue weighted by Crippen LogP contribution is 2.32. The monoisotopic (exact) mass is 504 g/mol. The molecule has 0 saturated heterocycles. The lowest BCUT2D eigenvalue weighted by Crippen LogP contribution is -2.40. The summed E-state index contributed by atoms with van der Waals surface area (Å²) in [6.45, 7) is 11.9. The Morgan fingerprint density at radius 3 is 2.28 bits per heavy atom. The molecule has 0 radical (unpaired) electrons. The van der Waals surface area contributed by atoms with Crippen LogP contribution in [-0.2, 0) is 14.9 Å². The molecule has 1 aromatic heterocycles. The second-order valence-electron chi connectivity index (χ2n) is 10.2. The van der Waals surface area contributed by atoms with Crippen molar-refractivity contribution in [2.24, 2.45) is 4.99 Å². The Morgan fingerprint density at radius 2 is 1.72 bits per heavy atom. The summed E-state index contributed by atoms with van der Waals surface area (Å²) in [5, 5.41) is 0. The summed E-state index contributed by atoms with van der Waals surface area (Å²) < 4.78 is 13.0. The van der Waals surface area contributed by atoms with Gasteiger partial charge >= 0.3 is 5.97 Å². The molecule has 0 N–H and O–H groups in total. The molecule has 1 unspecified atom stereocenters. The molecule has 2 heterocycles. The number of nitrogens with zero attached hydrogens (tertiary/aromatic N) is 2. The first-order chi connectivity index (χ1) is 17.0. The highest BCUT2D eigenvalue weighted by molar-refractivity contribution is 7.07. The summed E-state index contributed by atoms with van der Waals surface area (Å²) in [6.07, 6.45) is 1.59. The number of thiazole rings is 1. The molecular weight excluding hydrogens is 472 g/mol. The Kier molecular flexibility index (Phi) is 7.05. The first kappa shape index (κ1) is 25.6. The minimum absolute atomic E-state index is 0.0504. The smallest absolute Gasteiger partial charge is 0.338 e. The summed E-state index contributed by atoms with van der Waals surface area (Å²) in [5.41, 5.74) is 3.71. The van der Waals surface area contributed by atoms with Gasteiger partial charge in [0.2, 0.25) is 0 Å². The predicted octanol–water partition coefficient (Wildman–Crippen LogP) is 4.49. The first-order valence-corrected chi connectivity index (χ1v) is 12.8. The number of hydrogen-bond acceptors (Lipinski definition) is 6. The lowest BCUT2D eigenvalue weighted by Gasteiger charge is -2.25. The number of methoxy groups -OCH3 is 1. The number of allylic oxidation sites excluding steroid dienone is 1. The number of rotatable bonds is 5. The molecule has 0 fully saturated rings. The van der Waals surface area contributed by atoms with Gasteiger partial charge in [0, 0.05) is 0 Å². The van der Waals surface area contributed by atoms with E-state index in [-0.39, 0.29) is 17.1 Å². The number of benzene rings is 2. The quantitative estimate of drug-likeness (QED) is 0.480. The topological polar surface area (TPSA) is 69.9 Å².